The molecule has 1 saturated heterocycles. The molecule has 3 heteroatoms. The molecule has 1 heterocycles. The standard InChI is InChI=1S/C9H19NO2/c1-8(2)11-7-9(3)6-10-4-5-12-9/h8,10H,4-7H2,1-3H3/t9-/m1/s1. The van der Waals surface area contributed by atoms with Crippen LogP contribution in [0.25, 0.3) is 0 Å². The summed E-state index contributed by atoms with van der Waals surface area (Å²) in [6, 6.07) is 0. The molecule has 3 nitrogen and oxygen atoms in total. The van der Waals surface area contributed by atoms with E-state index in [1.165, 1.54) is 0 Å². The van der Waals surface area contributed by atoms with Crippen LogP contribution in [-0.2, 0) is 9.47 Å². The van der Waals surface area contributed by atoms with Crippen molar-refractivity contribution in [2.75, 3.05) is 26.3 Å². The van der Waals surface area contributed by atoms with Crippen molar-refractivity contribution in [3.63, 3.8) is 0 Å². The average Bonchev–Trinajstić information content (AvgIpc) is 2.03. The third kappa shape index (κ3) is 3.09. The van der Waals surface area contributed by atoms with Gasteiger partial charge in [0.1, 0.15) is 5.60 Å². The second kappa shape index (κ2) is 4.21. The second-order valence-electron chi connectivity index (χ2n) is 3.83. The Kier molecular flexibility index (Phi) is 3.50. The largest absolute Gasteiger partial charge is 0.376 e. The maximum atomic E-state index is 5.63. The molecule has 0 unspecified atom stereocenters. The Morgan fingerprint density at radius 3 is 2.83 bits per heavy atom. The van der Waals surface area contributed by atoms with Gasteiger partial charge in [0.15, 0.2) is 0 Å². The summed E-state index contributed by atoms with van der Waals surface area (Å²) >= 11 is 0. The molecule has 0 radical (unpaired) electrons. The third-order valence-electron chi connectivity index (χ3n) is 1.95. The van der Waals surface area contributed by atoms with E-state index in [4.69, 9.17) is 9.47 Å². The van der Waals surface area contributed by atoms with Crippen LogP contribution in [0.15, 0.2) is 0 Å². The van der Waals surface area contributed by atoms with Gasteiger partial charge in [-0.2, -0.15) is 0 Å². The summed E-state index contributed by atoms with van der Waals surface area (Å²) in [6.45, 7) is 9.48. The third-order valence-corrected chi connectivity index (χ3v) is 1.95. The topological polar surface area (TPSA) is 30.5 Å². The lowest BCUT2D eigenvalue weighted by molar-refractivity contribution is -0.111. The monoisotopic (exact) mass is 173 g/mol. The maximum absolute atomic E-state index is 5.63. The van der Waals surface area contributed by atoms with Gasteiger partial charge in [0.05, 0.1) is 19.3 Å². The second-order valence-corrected chi connectivity index (χ2v) is 3.83. The Bertz CT molecular complexity index is 130. The highest BCUT2D eigenvalue weighted by atomic mass is 16.5. The van der Waals surface area contributed by atoms with Gasteiger partial charge >= 0.3 is 0 Å². The van der Waals surface area contributed by atoms with Gasteiger partial charge in [-0.1, -0.05) is 0 Å². The summed E-state index contributed by atoms with van der Waals surface area (Å²) in [5, 5.41) is 3.29. The fraction of sp³-hybridized carbons (Fsp3) is 1.00. The first kappa shape index (κ1) is 9.96. The van der Waals surface area contributed by atoms with Gasteiger partial charge in [0.2, 0.25) is 0 Å². The minimum atomic E-state index is -0.123. The van der Waals surface area contributed by atoms with Gasteiger partial charge in [-0.3, -0.25) is 0 Å². The number of morpholine rings is 1. The van der Waals surface area contributed by atoms with E-state index < -0.39 is 0 Å². The Balaban J connectivity index is 2.26. The van der Waals surface area contributed by atoms with E-state index in [1.54, 1.807) is 0 Å². The summed E-state index contributed by atoms with van der Waals surface area (Å²) in [5.41, 5.74) is -0.123. The molecule has 72 valence electrons. The van der Waals surface area contributed by atoms with E-state index in [9.17, 15) is 0 Å². The molecule has 1 N–H and O–H groups in total. The lowest BCUT2D eigenvalue weighted by atomic mass is 10.1. The molecule has 0 aromatic carbocycles. The molecule has 0 aromatic rings. The average molecular weight is 173 g/mol. The lowest BCUT2D eigenvalue weighted by Gasteiger charge is -2.34. The van der Waals surface area contributed by atoms with Crippen molar-refractivity contribution in [1.82, 2.24) is 5.32 Å². The molecule has 0 spiro atoms. The predicted octanol–water partition coefficient (Wildman–Crippen LogP) is 0.790. The summed E-state index contributed by atoms with van der Waals surface area (Å²) in [7, 11) is 0. The summed E-state index contributed by atoms with van der Waals surface area (Å²) in [5.74, 6) is 0. The molecule has 1 fully saturated rings. The summed E-state index contributed by atoms with van der Waals surface area (Å²) in [6.07, 6.45) is 0.285. The molecular weight excluding hydrogens is 154 g/mol. The first-order valence-corrected chi connectivity index (χ1v) is 4.59. The van der Waals surface area contributed by atoms with Crippen LogP contribution < -0.4 is 5.32 Å². The molecule has 1 atom stereocenters. The van der Waals surface area contributed by atoms with E-state index in [0.29, 0.717) is 6.61 Å². The van der Waals surface area contributed by atoms with Gasteiger partial charge in [-0.15, -0.1) is 0 Å². The smallest absolute Gasteiger partial charge is 0.101 e. The minimum Gasteiger partial charge on any atom is -0.376 e. The van der Waals surface area contributed by atoms with Crippen molar-refractivity contribution >= 4 is 0 Å². The number of hydrogen-bond donors (Lipinski definition) is 1. The molecule has 0 saturated carbocycles. The van der Waals surface area contributed by atoms with E-state index in [2.05, 4.69) is 12.2 Å². The molecule has 1 rings (SSSR count). The van der Waals surface area contributed by atoms with Crippen molar-refractivity contribution in [3.05, 3.63) is 0 Å². The zero-order valence-electron chi connectivity index (χ0n) is 8.22. The van der Waals surface area contributed by atoms with Crippen LogP contribution in [0.4, 0.5) is 0 Å². The van der Waals surface area contributed by atoms with Crippen molar-refractivity contribution in [1.29, 1.82) is 0 Å². The van der Waals surface area contributed by atoms with E-state index in [-0.39, 0.29) is 11.7 Å². The number of rotatable bonds is 3. The molecule has 0 aromatic heterocycles. The molecule has 1 aliphatic heterocycles. The fourth-order valence-electron chi connectivity index (χ4n) is 1.21. The van der Waals surface area contributed by atoms with Crippen LogP contribution in [0.2, 0.25) is 0 Å². The van der Waals surface area contributed by atoms with E-state index in [1.807, 2.05) is 13.8 Å². The van der Waals surface area contributed by atoms with Gasteiger partial charge < -0.3 is 14.8 Å². The molecular formula is C9H19NO2. The molecule has 12 heavy (non-hydrogen) atoms. The zero-order valence-corrected chi connectivity index (χ0v) is 8.22. The van der Waals surface area contributed by atoms with Crippen LogP contribution in [0.5, 0.6) is 0 Å². The first-order chi connectivity index (χ1) is 5.62. The predicted molar refractivity (Wildman–Crippen MR) is 48.3 cm³/mol. The molecule has 0 amide bonds. The highest BCUT2D eigenvalue weighted by molar-refractivity contribution is 4.81. The number of ether oxygens (including phenoxy) is 2. The Morgan fingerprint density at radius 1 is 1.58 bits per heavy atom. The summed E-state index contributed by atoms with van der Waals surface area (Å²) in [4.78, 5) is 0. The van der Waals surface area contributed by atoms with Gasteiger partial charge in [-0.25, -0.2) is 0 Å². The van der Waals surface area contributed by atoms with Crippen molar-refractivity contribution < 1.29 is 9.47 Å². The van der Waals surface area contributed by atoms with Crippen molar-refractivity contribution in [2.24, 2.45) is 0 Å². The number of hydrogen-bond acceptors (Lipinski definition) is 3. The van der Waals surface area contributed by atoms with Crippen molar-refractivity contribution in [3.8, 4) is 0 Å². The van der Waals surface area contributed by atoms with Gasteiger partial charge in [0, 0.05) is 13.1 Å². The Labute approximate surface area is 74.4 Å². The van der Waals surface area contributed by atoms with Crippen LogP contribution in [-0.4, -0.2) is 38.0 Å². The van der Waals surface area contributed by atoms with Crippen LogP contribution >= 0.6 is 0 Å². The van der Waals surface area contributed by atoms with Crippen LogP contribution in [0.3, 0.4) is 0 Å². The normalized spacial score (nSPS) is 31.0. The molecule has 0 bridgehead atoms. The SMILES string of the molecule is CC(C)OC[C@@]1(C)CNCCO1. The highest BCUT2D eigenvalue weighted by Gasteiger charge is 2.28. The fourth-order valence-corrected chi connectivity index (χ4v) is 1.21. The lowest BCUT2D eigenvalue weighted by Crippen LogP contribution is -2.50. The Morgan fingerprint density at radius 2 is 2.33 bits per heavy atom. The first-order valence-electron chi connectivity index (χ1n) is 4.59. The van der Waals surface area contributed by atoms with E-state index >= 15 is 0 Å². The maximum Gasteiger partial charge on any atom is 0.101 e. The van der Waals surface area contributed by atoms with E-state index in [0.717, 1.165) is 19.7 Å². The Hall–Kier alpha value is -0.120. The van der Waals surface area contributed by atoms with Crippen LogP contribution in [0.1, 0.15) is 20.8 Å². The quantitative estimate of drug-likeness (QED) is 0.684. The molecule has 0 aliphatic carbocycles. The molecule has 1 aliphatic rings. The van der Waals surface area contributed by atoms with Crippen molar-refractivity contribution in [2.45, 2.75) is 32.5 Å². The van der Waals surface area contributed by atoms with Crippen LogP contribution in [0, 0.1) is 0 Å². The summed E-state index contributed by atoms with van der Waals surface area (Å²) < 4.78 is 11.1. The zero-order chi connectivity index (χ0) is 9.03. The number of nitrogens with one attached hydrogen (secondary N) is 1. The highest BCUT2D eigenvalue weighted by Crippen LogP contribution is 2.13. The van der Waals surface area contributed by atoms with Gasteiger partial charge in [-0.05, 0) is 20.8 Å². The van der Waals surface area contributed by atoms with Gasteiger partial charge in [0.25, 0.3) is 0 Å². The minimum absolute atomic E-state index is 0.123.